The molecule has 0 aliphatic heterocycles. The van der Waals surface area contributed by atoms with E-state index in [1.54, 1.807) is 24.2 Å². The van der Waals surface area contributed by atoms with Gasteiger partial charge in [-0.2, -0.15) is 0 Å². The van der Waals surface area contributed by atoms with Crippen LogP contribution in [0.1, 0.15) is 24.3 Å². The molecule has 0 fully saturated rings. The molecule has 0 saturated heterocycles. The third-order valence-corrected chi connectivity index (χ3v) is 2.48. The number of pyridine rings is 1. The highest BCUT2D eigenvalue weighted by Gasteiger charge is 2.13. The number of nitrogens with one attached hydrogen (secondary N) is 1. The third kappa shape index (κ3) is 4.33. The van der Waals surface area contributed by atoms with E-state index in [9.17, 15) is 4.79 Å². The van der Waals surface area contributed by atoms with Crippen LogP contribution >= 0.6 is 0 Å². The number of carbonyl (C=O) groups is 1. The summed E-state index contributed by atoms with van der Waals surface area (Å²) in [6.07, 6.45) is 1.64. The van der Waals surface area contributed by atoms with Gasteiger partial charge in [-0.05, 0) is 26.0 Å². The number of amides is 1. The SMILES string of the molecule is CCNc1ccnc(C(=O)N(C)CCOCC)c1. The first-order valence-electron chi connectivity index (χ1n) is 6.22. The third-order valence-electron chi connectivity index (χ3n) is 2.48. The van der Waals surface area contributed by atoms with Crippen molar-refractivity contribution in [2.45, 2.75) is 13.8 Å². The molecule has 1 heterocycles. The van der Waals surface area contributed by atoms with E-state index in [4.69, 9.17) is 4.74 Å². The predicted molar refractivity (Wildman–Crippen MR) is 71.9 cm³/mol. The number of hydrogen-bond donors (Lipinski definition) is 1. The van der Waals surface area contributed by atoms with Crippen molar-refractivity contribution in [3.05, 3.63) is 24.0 Å². The zero-order valence-corrected chi connectivity index (χ0v) is 11.3. The second kappa shape index (κ2) is 7.66. The van der Waals surface area contributed by atoms with Gasteiger partial charge in [0.25, 0.3) is 5.91 Å². The van der Waals surface area contributed by atoms with Gasteiger partial charge < -0.3 is 15.0 Å². The molecule has 5 nitrogen and oxygen atoms in total. The number of ether oxygens (including phenoxy) is 1. The normalized spacial score (nSPS) is 10.2. The van der Waals surface area contributed by atoms with E-state index in [1.165, 1.54) is 0 Å². The monoisotopic (exact) mass is 251 g/mol. The standard InChI is InChI=1S/C13H21N3O2/c1-4-14-11-6-7-15-12(10-11)13(17)16(3)8-9-18-5-2/h6-7,10H,4-5,8-9H2,1-3H3,(H,14,15). The lowest BCUT2D eigenvalue weighted by molar-refractivity contribution is 0.0704. The first-order chi connectivity index (χ1) is 8.69. The van der Waals surface area contributed by atoms with Crippen LogP contribution in [0.15, 0.2) is 18.3 Å². The van der Waals surface area contributed by atoms with Crippen LogP contribution < -0.4 is 5.32 Å². The minimum absolute atomic E-state index is 0.0885. The topological polar surface area (TPSA) is 54.5 Å². The van der Waals surface area contributed by atoms with E-state index >= 15 is 0 Å². The largest absolute Gasteiger partial charge is 0.385 e. The summed E-state index contributed by atoms with van der Waals surface area (Å²) >= 11 is 0. The van der Waals surface area contributed by atoms with E-state index in [2.05, 4.69) is 10.3 Å². The molecule has 1 N–H and O–H groups in total. The predicted octanol–water partition coefficient (Wildman–Crippen LogP) is 1.62. The Morgan fingerprint density at radius 3 is 2.94 bits per heavy atom. The highest BCUT2D eigenvalue weighted by molar-refractivity contribution is 5.92. The Kier molecular flexibility index (Phi) is 6.14. The number of nitrogens with zero attached hydrogens (tertiary/aromatic N) is 2. The highest BCUT2D eigenvalue weighted by Crippen LogP contribution is 2.09. The van der Waals surface area contributed by atoms with Crippen LogP contribution in [0.2, 0.25) is 0 Å². The fourth-order valence-electron chi connectivity index (χ4n) is 1.50. The average molecular weight is 251 g/mol. The van der Waals surface area contributed by atoms with Gasteiger partial charge in [-0.15, -0.1) is 0 Å². The minimum atomic E-state index is -0.0885. The van der Waals surface area contributed by atoms with Crippen LogP contribution in [0.25, 0.3) is 0 Å². The Hall–Kier alpha value is -1.62. The molecule has 0 bridgehead atoms. The van der Waals surface area contributed by atoms with Crippen molar-refractivity contribution in [3.63, 3.8) is 0 Å². The maximum atomic E-state index is 12.1. The number of carbonyl (C=O) groups excluding carboxylic acids is 1. The molecule has 100 valence electrons. The molecule has 0 spiro atoms. The van der Waals surface area contributed by atoms with Crippen molar-refractivity contribution in [2.75, 3.05) is 38.7 Å². The number of hydrogen-bond acceptors (Lipinski definition) is 4. The summed E-state index contributed by atoms with van der Waals surface area (Å²) in [5.41, 5.74) is 1.36. The molecule has 0 aromatic carbocycles. The molecular weight excluding hydrogens is 230 g/mol. The molecule has 0 aliphatic rings. The average Bonchev–Trinajstić information content (AvgIpc) is 2.39. The van der Waals surface area contributed by atoms with Gasteiger partial charge in [0.15, 0.2) is 0 Å². The summed E-state index contributed by atoms with van der Waals surface area (Å²) in [5.74, 6) is -0.0885. The van der Waals surface area contributed by atoms with Gasteiger partial charge in [-0.25, -0.2) is 0 Å². The van der Waals surface area contributed by atoms with Gasteiger partial charge in [0.2, 0.25) is 0 Å². The summed E-state index contributed by atoms with van der Waals surface area (Å²) in [5, 5.41) is 3.16. The Morgan fingerprint density at radius 1 is 1.50 bits per heavy atom. The Balaban J connectivity index is 2.62. The summed E-state index contributed by atoms with van der Waals surface area (Å²) in [7, 11) is 1.75. The molecule has 0 atom stereocenters. The zero-order valence-electron chi connectivity index (χ0n) is 11.3. The van der Waals surface area contributed by atoms with Crippen LogP contribution in [-0.4, -0.2) is 49.1 Å². The van der Waals surface area contributed by atoms with Gasteiger partial charge in [0, 0.05) is 38.6 Å². The van der Waals surface area contributed by atoms with Gasteiger partial charge >= 0.3 is 0 Å². The summed E-state index contributed by atoms with van der Waals surface area (Å²) < 4.78 is 5.23. The van der Waals surface area contributed by atoms with E-state index in [0.29, 0.717) is 25.5 Å². The van der Waals surface area contributed by atoms with Crippen molar-refractivity contribution in [1.29, 1.82) is 0 Å². The lowest BCUT2D eigenvalue weighted by Crippen LogP contribution is -2.30. The Labute approximate surface area is 108 Å². The summed E-state index contributed by atoms with van der Waals surface area (Å²) in [4.78, 5) is 17.8. The van der Waals surface area contributed by atoms with E-state index in [0.717, 1.165) is 12.2 Å². The minimum Gasteiger partial charge on any atom is -0.385 e. The Morgan fingerprint density at radius 2 is 2.28 bits per heavy atom. The molecule has 1 amide bonds. The van der Waals surface area contributed by atoms with E-state index < -0.39 is 0 Å². The molecule has 0 saturated carbocycles. The molecule has 0 aliphatic carbocycles. The maximum Gasteiger partial charge on any atom is 0.272 e. The number of anilines is 1. The molecule has 1 aromatic heterocycles. The second-order valence-corrected chi connectivity index (χ2v) is 3.88. The molecular formula is C13H21N3O2. The lowest BCUT2D eigenvalue weighted by Gasteiger charge is -2.16. The van der Waals surface area contributed by atoms with Gasteiger partial charge in [-0.3, -0.25) is 9.78 Å². The highest BCUT2D eigenvalue weighted by atomic mass is 16.5. The summed E-state index contributed by atoms with van der Waals surface area (Å²) in [6.45, 7) is 6.54. The van der Waals surface area contributed by atoms with Crippen LogP contribution in [0.4, 0.5) is 5.69 Å². The lowest BCUT2D eigenvalue weighted by atomic mass is 10.3. The first-order valence-corrected chi connectivity index (χ1v) is 6.22. The fourth-order valence-corrected chi connectivity index (χ4v) is 1.50. The molecule has 18 heavy (non-hydrogen) atoms. The molecule has 0 radical (unpaired) electrons. The molecule has 1 rings (SSSR count). The molecule has 5 heteroatoms. The van der Waals surface area contributed by atoms with Gasteiger partial charge in [0.05, 0.1) is 6.61 Å². The Bertz CT molecular complexity index is 382. The first kappa shape index (κ1) is 14.4. The van der Waals surface area contributed by atoms with Crippen LogP contribution in [0, 0.1) is 0 Å². The molecule has 0 unspecified atom stereocenters. The van der Waals surface area contributed by atoms with Crippen molar-refractivity contribution in [3.8, 4) is 0 Å². The van der Waals surface area contributed by atoms with Crippen LogP contribution in [-0.2, 0) is 4.74 Å². The van der Waals surface area contributed by atoms with Gasteiger partial charge in [-0.1, -0.05) is 0 Å². The van der Waals surface area contributed by atoms with Crippen molar-refractivity contribution >= 4 is 11.6 Å². The summed E-state index contributed by atoms with van der Waals surface area (Å²) in [6, 6.07) is 3.61. The van der Waals surface area contributed by atoms with Crippen LogP contribution in [0.3, 0.4) is 0 Å². The van der Waals surface area contributed by atoms with E-state index in [-0.39, 0.29) is 5.91 Å². The van der Waals surface area contributed by atoms with E-state index in [1.807, 2.05) is 19.9 Å². The van der Waals surface area contributed by atoms with Crippen molar-refractivity contribution < 1.29 is 9.53 Å². The second-order valence-electron chi connectivity index (χ2n) is 3.88. The van der Waals surface area contributed by atoms with Crippen LogP contribution in [0.5, 0.6) is 0 Å². The maximum absolute atomic E-state index is 12.1. The quantitative estimate of drug-likeness (QED) is 0.748. The van der Waals surface area contributed by atoms with Crippen molar-refractivity contribution in [1.82, 2.24) is 9.88 Å². The molecule has 1 aromatic rings. The van der Waals surface area contributed by atoms with Crippen molar-refractivity contribution in [2.24, 2.45) is 0 Å². The number of likely N-dealkylation sites (N-methyl/N-ethyl adjacent to an activating group) is 1. The fraction of sp³-hybridized carbons (Fsp3) is 0.538. The van der Waals surface area contributed by atoms with Gasteiger partial charge in [0.1, 0.15) is 5.69 Å². The number of aromatic nitrogens is 1. The zero-order chi connectivity index (χ0) is 13.4. The number of rotatable bonds is 7. The smallest absolute Gasteiger partial charge is 0.272 e.